The molecule has 0 spiro atoms. The standard InChI is InChI=1S/C17H16ClNO5/c1-10(24-17(22)12-5-3-4-6-14(12)20)16(21)19-13-9-11(18)7-8-15(13)23-2/h3-10,20H,1-2H3,(H,19,21)/t10-/m0/s1. The normalized spacial score (nSPS) is 11.5. The summed E-state index contributed by atoms with van der Waals surface area (Å²) in [7, 11) is 1.46. The maximum Gasteiger partial charge on any atom is 0.342 e. The Morgan fingerprint density at radius 1 is 1.21 bits per heavy atom. The van der Waals surface area contributed by atoms with E-state index in [1.54, 1.807) is 24.3 Å². The second kappa shape index (κ2) is 7.70. The number of para-hydroxylation sites is 1. The number of rotatable bonds is 5. The number of ether oxygens (including phenoxy) is 2. The van der Waals surface area contributed by atoms with Crippen molar-refractivity contribution in [1.82, 2.24) is 0 Å². The summed E-state index contributed by atoms with van der Waals surface area (Å²) >= 11 is 5.90. The molecule has 0 aliphatic rings. The van der Waals surface area contributed by atoms with Gasteiger partial charge in [-0.05, 0) is 37.3 Å². The van der Waals surface area contributed by atoms with Crippen LogP contribution in [0.3, 0.4) is 0 Å². The third-order valence-electron chi connectivity index (χ3n) is 3.20. The number of aromatic hydroxyl groups is 1. The van der Waals surface area contributed by atoms with Crippen molar-refractivity contribution >= 4 is 29.2 Å². The van der Waals surface area contributed by atoms with Gasteiger partial charge in [-0.15, -0.1) is 0 Å². The number of benzene rings is 2. The van der Waals surface area contributed by atoms with Crippen LogP contribution in [0.1, 0.15) is 17.3 Å². The number of esters is 1. The molecule has 0 heterocycles. The van der Waals surface area contributed by atoms with E-state index in [2.05, 4.69) is 5.32 Å². The molecule has 0 aliphatic carbocycles. The fraction of sp³-hybridized carbons (Fsp3) is 0.176. The number of methoxy groups -OCH3 is 1. The van der Waals surface area contributed by atoms with Gasteiger partial charge in [-0.1, -0.05) is 23.7 Å². The van der Waals surface area contributed by atoms with Gasteiger partial charge in [0.25, 0.3) is 5.91 Å². The number of anilines is 1. The topological polar surface area (TPSA) is 84.9 Å². The SMILES string of the molecule is COc1ccc(Cl)cc1NC(=O)[C@H](C)OC(=O)c1ccccc1O. The Bertz CT molecular complexity index is 762. The lowest BCUT2D eigenvalue weighted by molar-refractivity contribution is -0.123. The molecule has 2 aromatic rings. The number of carbonyl (C=O) groups excluding carboxylic acids is 2. The number of nitrogens with one attached hydrogen (secondary N) is 1. The molecule has 2 rings (SSSR count). The van der Waals surface area contributed by atoms with Gasteiger partial charge in [-0.25, -0.2) is 4.79 Å². The quantitative estimate of drug-likeness (QED) is 0.809. The zero-order chi connectivity index (χ0) is 17.7. The molecule has 0 saturated heterocycles. The van der Waals surface area contributed by atoms with Gasteiger partial charge in [0.1, 0.15) is 17.1 Å². The minimum Gasteiger partial charge on any atom is -0.507 e. The fourth-order valence-corrected chi connectivity index (χ4v) is 2.11. The number of hydrogen-bond donors (Lipinski definition) is 2. The van der Waals surface area contributed by atoms with Crippen LogP contribution in [-0.4, -0.2) is 30.2 Å². The summed E-state index contributed by atoms with van der Waals surface area (Å²) in [5, 5.41) is 12.6. The number of hydrogen-bond acceptors (Lipinski definition) is 5. The molecule has 0 radical (unpaired) electrons. The molecule has 0 aliphatic heterocycles. The van der Waals surface area contributed by atoms with E-state index in [1.807, 2.05) is 0 Å². The van der Waals surface area contributed by atoms with Crippen LogP contribution in [0.15, 0.2) is 42.5 Å². The number of carbonyl (C=O) groups is 2. The molecular weight excluding hydrogens is 334 g/mol. The van der Waals surface area contributed by atoms with Gasteiger partial charge in [-0.2, -0.15) is 0 Å². The first-order chi connectivity index (χ1) is 11.4. The van der Waals surface area contributed by atoms with Crippen LogP contribution < -0.4 is 10.1 Å². The third kappa shape index (κ3) is 4.17. The van der Waals surface area contributed by atoms with E-state index < -0.39 is 18.0 Å². The van der Waals surface area contributed by atoms with Gasteiger partial charge in [0, 0.05) is 5.02 Å². The van der Waals surface area contributed by atoms with Crippen molar-refractivity contribution in [2.75, 3.05) is 12.4 Å². The molecule has 24 heavy (non-hydrogen) atoms. The molecule has 6 nitrogen and oxygen atoms in total. The van der Waals surface area contributed by atoms with E-state index in [1.165, 1.54) is 32.2 Å². The lowest BCUT2D eigenvalue weighted by Gasteiger charge is -2.15. The Morgan fingerprint density at radius 3 is 2.58 bits per heavy atom. The van der Waals surface area contributed by atoms with Gasteiger partial charge in [0.2, 0.25) is 0 Å². The summed E-state index contributed by atoms with van der Waals surface area (Å²) in [5.74, 6) is -1.15. The molecule has 0 aromatic heterocycles. The first-order valence-electron chi connectivity index (χ1n) is 7.05. The number of amides is 1. The second-order valence-corrected chi connectivity index (χ2v) is 5.33. The van der Waals surface area contributed by atoms with Gasteiger partial charge in [0.05, 0.1) is 12.8 Å². The molecule has 126 valence electrons. The van der Waals surface area contributed by atoms with Crippen LogP contribution in [0, 0.1) is 0 Å². The number of phenols is 1. The van der Waals surface area contributed by atoms with Crippen LogP contribution in [-0.2, 0) is 9.53 Å². The summed E-state index contributed by atoms with van der Waals surface area (Å²) in [6, 6.07) is 10.7. The minimum absolute atomic E-state index is 0.0162. The van der Waals surface area contributed by atoms with E-state index in [4.69, 9.17) is 21.1 Å². The van der Waals surface area contributed by atoms with Crippen molar-refractivity contribution in [2.24, 2.45) is 0 Å². The minimum atomic E-state index is -1.08. The first-order valence-corrected chi connectivity index (χ1v) is 7.43. The predicted octanol–water partition coefficient (Wildman–Crippen LogP) is 3.24. The fourth-order valence-electron chi connectivity index (χ4n) is 1.94. The van der Waals surface area contributed by atoms with E-state index in [-0.39, 0.29) is 11.3 Å². The van der Waals surface area contributed by atoms with Crippen molar-refractivity contribution in [3.05, 3.63) is 53.1 Å². The van der Waals surface area contributed by atoms with Crippen LogP contribution >= 0.6 is 11.6 Å². The van der Waals surface area contributed by atoms with Crippen LogP contribution in [0.4, 0.5) is 5.69 Å². The largest absolute Gasteiger partial charge is 0.507 e. The summed E-state index contributed by atoms with van der Waals surface area (Å²) in [6.45, 7) is 1.42. The number of phenolic OH excluding ortho intramolecular Hbond substituents is 1. The zero-order valence-corrected chi connectivity index (χ0v) is 13.8. The summed E-state index contributed by atoms with van der Waals surface area (Å²) in [5.41, 5.74) is 0.345. The summed E-state index contributed by atoms with van der Waals surface area (Å²) in [4.78, 5) is 24.2. The lowest BCUT2D eigenvalue weighted by Crippen LogP contribution is -2.30. The Labute approximate surface area is 144 Å². The van der Waals surface area contributed by atoms with Crippen molar-refractivity contribution in [3.8, 4) is 11.5 Å². The van der Waals surface area contributed by atoms with Crippen molar-refractivity contribution in [1.29, 1.82) is 0 Å². The highest BCUT2D eigenvalue weighted by molar-refractivity contribution is 6.31. The highest BCUT2D eigenvalue weighted by atomic mass is 35.5. The molecule has 1 amide bonds. The van der Waals surface area contributed by atoms with Crippen molar-refractivity contribution in [3.63, 3.8) is 0 Å². The molecule has 0 saturated carbocycles. The first kappa shape index (κ1) is 17.6. The smallest absolute Gasteiger partial charge is 0.342 e. The molecule has 0 bridgehead atoms. The molecular formula is C17H16ClNO5. The van der Waals surface area contributed by atoms with Gasteiger partial charge >= 0.3 is 5.97 Å². The monoisotopic (exact) mass is 349 g/mol. The van der Waals surface area contributed by atoms with E-state index in [9.17, 15) is 14.7 Å². The molecule has 1 atom stereocenters. The number of halogens is 1. The zero-order valence-electron chi connectivity index (χ0n) is 13.1. The third-order valence-corrected chi connectivity index (χ3v) is 3.43. The van der Waals surface area contributed by atoms with Crippen molar-refractivity contribution in [2.45, 2.75) is 13.0 Å². The maximum absolute atomic E-state index is 12.2. The van der Waals surface area contributed by atoms with Crippen molar-refractivity contribution < 1.29 is 24.2 Å². The molecule has 0 unspecified atom stereocenters. The van der Waals surface area contributed by atoms with Crippen LogP contribution in [0.2, 0.25) is 5.02 Å². The van der Waals surface area contributed by atoms with Gasteiger partial charge < -0.3 is 19.9 Å². The Balaban J connectivity index is 2.06. The Kier molecular flexibility index (Phi) is 5.65. The highest BCUT2D eigenvalue weighted by Crippen LogP contribution is 2.28. The average molecular weight is 350 g/mol. The Hall–Kier alpha value is -2.73. The van der Waals surface area contributed by atoms with E-state index in [0.29, 0.717) is 16.5 Å². The molecule has 0 fully saturated rings. The maximum atomic E-state index is 12.2. The molecule has 2 N–H and O–H groups in total. The summed E-state index contributed by atoms with van der Waals surface area (Å²) in [6.07, 6.45) is -1.08. The Morgan fingerprint density at radius 2 is 1.92 bits per heavy atom. The molecule has 2 aromatic carbocycles. The second-order valence-electron chi connectivity index (χ2n) is 4.90. The lowest BCUT2D eigenvalue weighted by atomic mass is 10.2. The van der Waals surface area contributed by atoms with Gasteiger partial charge in [-0.3, -0.25) is 4.79 Å². The average Bonchev–Trinajstić information content (AvgIpc) is 2.55. The van der Waals surface area contributed by atoms with Crippen LogP contribution in [0.25, 0.3) is 0 Å². The van der Waals surface area contributed by atoms with E-state index in [0.717, 1.165) is 0 Å². The van der Waals surface area contributed by atoms with E-state index >= 15 is 0 Å². The molecule has 7 heteroatoms. The highest BCUT2D eigenvalue weighted by Gasteiger charge is 2.21. The van der Waals surface area contributed by atoms with Gasteiger partial charge in [0.15, 0.2) is 6.10 Å². The predicted molar refractivity (Wildman–Crippen MR) is 89.6 cm³/mol. The van der Waals surface area contributed by atoms with Crippen LogP contribution in [0.5, 0.6) is 11.5 Å². The summed E-state index contributed by atoms with van der Waals surface area (Å²) < 4.78 is 10.2.